The molecular weight excluding hydrogens is 432 g/mol. The average Bonchev–Trinajstić information content (AvgIpc) is 3.66. The SMILES string of the molecule is Cc1c(C#N)c(NC(=O)COC(=O)c2ccc(NC(=O)C3CC3)cc2)n(-c2ccccc2)c1C. The van der Waals surface area contributed by atoms with E-state index in [-0.39, 0.29) is 17.4 Å². The van der Waals surface area contributed by atoms with Crippen LogP contribution in [-0.4, -0.2) is 29.0 Å². The summed E-state index contributed by atoms with van der Waals surface area (Å²) in [6.45, 7) is 3.18. The molecule has 2 aromatic carbocycles. The molecule has 1 aliphatic rings. The molecule has 1 aromatic heterocycles. The van der Waals surface area contributed by atoms with Crippen molar-refractivity contribution in [1.82, 2.24) is 4.57 Å². The first-order valence-electron chi connectivity index (χ1n) is 10.9. The van der Waals surface area contributed by atoms with E-state index in [2.05, 4.69) is 16.7 Å². The van der Waals surface area contributed by atoms with E-state index in [1.807, 2.05) is 44.2 Å². The molecule has 1 aliphatic carbocycles. The van der Waals surface area contributed by atoms with Crippen molar-refractivity contribution in [3.63, 3.8) is 0 Å². The number of para-hydroxylation sites is 1. The summed E-state index contributed by atoms with van der Waals surface area (Å²) in [5, 5.41) is 15.2. The van der Waals surface area contributed by atoms with Crippen molar-refractivity contribution in [3.8, 4) is 11.8 Å². The second-order valence-corrected chi connectivity index (χ2v) is 8.18. The highest BCUT2D eigenvalue weighted by molar-refractivity contribution is 5.97. The number of amides is 2. The zero-order valence-electron chi connectivity index (χ0n) is 18.9. The van der Waals surface area contributed by atoms with Crippen molar-refractivity contribution in [2.24, 2.45) is 5.92 Å². The van der Waals surface area contributed by atoms with Gasteiger partial charge in [-0.05, 0) is 68.7 Å². The van der Waals surface area contributed by atoms with Crippen LogP contribution in [0.5, 0.6) is 0 Å². The third-order valence-electron chi connectivity index (χ3n) is 5.77. The molecule has 4 rings (SSSR count). The molecule has 8 heteroatoms. The van der Waals surface area contributed by atoms with E-state index < -0.39 is 18.5 Å². The highest BCUT2D eigenvalue weighted by Crippen LogP contribution is 2.31. The molecule has 1 saturated carbocycles. The Hall–Kier alpha value is -4.38. The van der Waals surface area contributed by atoms with E-state index in [4.69, 9.17) is 4.74 Å². The molecule has 172 valence electrons. The van der Waals surface area contributed by atoms with Crippen LogP contribution in [-0.2, 0) is 14.3 Å². The van der Waals surface area contributed by atoms with Crippen LogP contribution in [0.4, 0.5) is 11.5 Å². The van der Waals surface area contributed by atoms with E-state index >= 15 is 0 Å². The van der Waals surface area contributed by atoms with E-state index in [1.54, 1.807) is 16.7 Å². The van der Waals surface area contributed by atoms with Gasteiger partial charge in [0.15, 0.2) is 6.61 Å². The number of anilines is 2. The molecule has 2 N–H and O–H groups in total. The number of ether oxygens (including phenoxy) is 1. The van der Waals surface area contributed by atoms with E-state index in [0.29, 0.717) is 17.1 Å². The van der Waals surface area contributed by atoms with Gasteiger partial charge in [-0.1, -0.05) is 18.2 Å². The molecule has 0 spiro atoms. The normalized spacial score (nSPS) is 12.5. The molecule has 0 bridgehead atoms. The van der Waals surface area contributed by atoms with E-state index in [1.165, 1.54) is 12.1 Å². The Labute approximate surface area is 197 Å². The second-order valence-electron chi connectivity index (χ2n) is 8.18. The Morgan fingerprint density at radius 2 is 1.71 bits per heavy atom. The van der Waals surface area contributed by atoms with Gasteiger partial charge in [0, 0.05) is 23.0 Å². The minimum absolute atomic E-state index is 0.0190. The van der Waals surface area contributed by atoms with Gasteiger partial charge in [-0.3, -0.25) is 14.2 Å². The molecule has 0 radical (unpaired) electrons. The van der Waals surface area contributed by atoms with Crippen molar-refractivity contribution in [3.05, 3.63) is 77.0 Å². The Kier molecular flexibility index (Phi) is 6.46. The van der Waals surface area contributed by atoms with Gasteiger partial charge in [0.1, 0.15) is 11.9 Å². The van der Waals surface area contributed by atoms with Crippen LogP contribution in [0.25, 0.3) is 5.69 Å². The van der Waals surface area contributed by atoms with Crippen LogP contribution in [0, 0.1) is 31.1 Å². The highest BCUT2D eigenvalue weighted by Gasteiger charge is 2.29. The predicted octanol–water partition coefficient (Wildman–Crippen LogP) is 4.11. The summed E-state index contributed by atoms with van der Waals surface area (Å²) in [6.07, 6.45) is 1.81. The van der Waals surface area contributed by atoms with Gasteiger partial charge in [0.05, 0.1) is 11.1 Å². The minimum Gasteiger partial charge on any atom is -0.452 e. The first-order valence-corrected chi connectivity index (χ1v) is 10.9. The predicted molar refractivity (Wildman–Crippen MR) is 127 cm³/mol. The first-order chi connectivity index (χ1) is 16.4. The van der Waals surface area contributed by atoms with Gasteiger partial charge in [-0.25, -0.2) is 4.79 Å². The van der Waals surface area contributed by atoms with Gasteiger partial charge in [-0.15, -0.1) is 0 Å². The van der Waals surface area contributed by atoms with Crippen LogP contribution in [0.2, 0.25) is 0 Å². The van der Waals surface area contributed by atoms with Gasteiger partial charge in [0.25, 0.3) is 5.91 Å². The summed E-state index contributed by atoms with van der Waals surface area (Å²) in [5.74, 6) is -0.829. The number of rotatable bonds is 7. The summed E-state index contributed by atoms with van der Waals surface area (Å²) in [5.41, 5.74) is 3.59. The zero-order valence-corrected chi connectivity index (χ0v) is 18.9. The summed E-state index contributed by atoms with van der Waals surface area (Å²) < 4.78 is 6.95. The fourth-order valence-corrected chi connectivity index (χ4v) is 3.62. The maximum atomic E-state index is 12.6. The summed E-state index contributed by atoms with van der Waals surface area (Å²) in [4.78, 5) is 36.8. The topological polar surface area (TPSA) is 113 Å². The second kappa shape index (κ2) is 9.63. The fourth-order valence-electron chi connectivity index (χ4n) is 3.62. The molecule has 0 saturated heterocycles. The number of benzene rings is 2. The lowest BCUT2D eigenvalue weighted by Gasteiger charge is -2.13. The van der Waals surface area contributed by atoms with Crippen LogP contribution in [0.15, 0.2) is 54.6 Å². The Morgan fingerprint density at radius 1 is 1.03 bits per heavy atom. The van der Waals surface area contributed by atoms with Gasteiger partial charge in [0.2, 0.25) is 5.91 Å². The quantitative estimate of drug-likeness (QED) is 0.520. The van der Waals surface area contributed by atoms with Crippen molar-refractivity contribution in [2.45, 2.75) is 26.7 Å². The Morgan fingerprint density at radius 3 is 2.32 bits per heavy atom. The largest absolute Gasteiger partial charge is 0.452 e. The molecule has 0 atom stereocenters. The average molecular weight is 457 g/mol. The van der Waals surface area contributed by atoms with Gasteiger partial charge >= 0.3 is 5.97 Å². The summed E-state index contributed by atoms with van der Waals surface area (Å²) >= 11 is 0. The number of nitrogens with one attached hydrogen (secondary N) is 2. The van der Waals surface area contributed by atoms with E-state index in [0.717, 1.165) is 29.8 Å². The lowest BCUT2D eigenvalue weighted by molar-refractivity contribution is -0.119. The zero-order chi connectivity index (χ0) is 24.2. The Bertz CT molecular complexity index is 1280. The maximum Gasteiger partial charge on any atom is 0.338 e. The van der Waals surface area contributed by atoms with Crippen LogP contribution < -0.4 is 10.6 Å². The molecule has 3 aromatic rings. The van der Waals surface area contributed by atoms with Crippen molar-refractivity contribution in [1.29, 1.82) is 5.26 Å². The molecule has 34 heavy (non-hydrogen) atoms. The third-order valence-corrected chi connectivity index (χ3v) is 5.77. The standard InChI is InChI=1S/C26H24N4O4/c1-16-17(2)30(21-6-4-3-5-7-21)24(22(16)14-27)29-23(31)15-34-26(33)19-10-12-20(13-11-19)28-25(32)18-8-9-18/h3-7,10-13,18H,8-9,15H2,1-2H3,(H,28,32)(H,29,31). The minimum atomic E-state index is -0.665. The number of hydrogen-bond acceptors (Lipinski definition) is 5. The first kappa shape index (κ1) is 22.8. The smallest absolute Gasteiger partial charge is 0.338 e. The molecule has 0 aliphatic heterocycles. The van der Waals surface area contributed by atoms with Gasteiger partial charge in [-0.2, -0.15) is 5.26 Å². The summed E-state index contributed by atoms with van der Waals surface area (Å²) in [7, 11) is 0. The molecular formula is C26H24N4O4. The summed E-state index contributed by atoms with van der Waals surface area (Å²) in [6, 6.07) is 17.8. The lowest BCUT2D eigenvalue weighted by atomic mass is 10.2. The monoisotopic (exact) mass is 456 g/mol. The fraction of sp³-hybridized carbons (Fsp3) is 0.231. The number of hydrogen-bond donors (Lipinski definition) is 2. The molecule has 0 unspecified atom stereocenters. The van der Waals surface area contributed by atoms with E-state index in [9.17, 15) is 19.6 Å². The molecule has 1 heterocycles. The Balaban J connectivity index is 1.41. The third kappa shape index (κ3) is 4.84. The number of esters is 1. The lowest BCUT2D eigenvalue weighted by Crippen LogP contribution is -2.23. The van der Waals surface area contributed by atoms with Crippen LogP contribution >= 0.6 is 0 Å². The van der Waals surface area contributed by atoms with Crippen molar-refractivity contribution in [2.75, 3.05) is 17.2 Å². The number of carbonyl (C=O) groups is 3. The number of carbonyl (C=O) groups excluding carboxylic acids is 3. The number of nitriles is 1. The highest BCUT2D eigenvalue weighted by atomic mass is 16.5. The number of aromatic nitrogens is 1. The molecule has 1 fully saturated rings. The number of nitrogens with zero attached hydrogens (tertiary/aromatic N) is 2. The van der Waals surface area contributed by atoms with Crippen LogP contribution in [0.3, 0.4) is 0 Å². The van der Waals surface area contributed by atoms with Gasteiger partial charge < -0.3 is 15.4 Å². The van der Waals surface area contributed by atoms with Crippen molar-refractivity contribution < 1.29 is 19.1 Å². The molecule has 2 amide bonds. The van der Waals surface area contributed by atoms with Crippen molar-refractivity contribution >= 4 is 29.3 Å². The maximum absolute atomic E-state index is 12.6. The van der Waals surface area contributed by atoms with Crippen LogP contribution in [0.1, 0.15) is 40.0 Å². The molecule has 8 nitrogen and oxygen atoms in total.